The summed E-state index contributed by atoms with van der Waals surface area (Å²) in [4.78, 5) is 27.3. The topological polar surface area (TPSA) is 77.1 Å². The van der Waals surface area contributed by atoms with E-state index in [0.717, 1.165) is 23.1 Å². The van der Waals surface area contributed by atoms with Gasteiger partial charge in [-0.3, -0.25) is 14.5 Å². The fourth-order valence-electron chi connectivity index (χ4n) is 3.99. The molecule has 1 N–H and O–H groups in total. The zero-order valence-electron chi connectivity index (χ0n) is 18.9. The molecule has 7 nitrogen and oxygen atoms in total. The molecule has 172 valence electrons. The number of ether oxygens (including phenoxy) is 3. The van der Waals surface area contributed by atoms with Gasteiger partial charge in [-0.1, -0.05) is 17.7 Å². The lowest BCUT2D eigenvalue weighted by molar-refractivity contribution is -0.145. The van der Waals surface area contributed by atoms with Crippen molar-refractivity contribution in [2.24, 2.45) is 0 Å². The maximum Gasteiger partial charge on any atom is 0.307 e. The molecule has 0 saturated heterocycles. The Bertz CT molecular complexity index is 995. The Labute approximate surface area is 193 Å². The van der Waals surface area contributed by atoms with Crippen LogP contribution in [0.4, 0.5) is 5.69 Å². The molecule has 1 heterocycles. The third-order valence-corrected chi connectivity index (χ3v) is 5.83. The van der Waals surface area contributed by atoms with E-state index >= 15 is 0 Å². The molecular weight excluding hydrogens is 432 g/mol. The summed E-state index contributed by atoms with van der Waals surface area (Å²) in [6.45, 7) is 4.74. The highest BCUT2D eigenvalue weighted by atomic mass is 35.5. The monoisotopic (exact) mass is 460 g/mol. The van der Waals surface area contributed by atoms with Gasteiger partial charge in [-0.05, 0) is 61.2 Å². The molecule has 0 spiro atoms. The summed E-state index contributed by atoms with van der Waals surface area (Å²) in [5.74, 6) is 0.745. The Kier molecular flexibility index (Phi) is 7.99. The molecule has 0 fully saturated rings. The summed E-state index contributed by atoms with van der Waals surface area (Å²) in [5.41, 5.74) is 3.60. The average Bonchev–Trinajstić information content (AvgIpc) is 2.77. The summed E-state index contributed by atoms with van der Waals surface area (Å²) in [5, 5.41) is 3.49. The summed E-state index contributed by atoms with van der Waals surface area (Å²) < 4.78 is 16.1. The molecule has 3 rings (SSSR count). The predicted octanol–water partition coefficient (Wildman–Crippen LogP) is 4.16. The van der Waals surface area contributed by atoms with Crippen molar-refractivity contribution in [3.63, 3.8) is 0 Å². The van der Waals surface area contributed by atoms with E-state index in [0.29, 0.717) is 35.4 Å². The Morgan fingerprint density at radius 1 is 1.16 bits per heavy atom. The molecule has 0 radical (unpaired) electrons. The fraction of sp³-hybridized carbons (Fsp3) is 0.417. The van der Waals surface area contributed by atoms with Gasteiger partial charge < -0.3 is 19.5 Å². The van der Waals surface area contributed by atoms with E-state index in [1.54, 1.807) is 33.3 Å². The number of hydrogen-bond acceptors (Lipinski definition) is 6. The molecule has 1 amide bonds. The summed E-state index contributed by atoms with van der Waals surface area (Å²) in [6.07, 6.45) is 0.859. The lowest BCUT2D eigenvalue weighted by Gasteiger charge is -2.37. The van der Waals surface area contributed by atoms with Crippen molar-refractivity contribution in [2.75, 3.05) is 39.2 Å². The largest absolute Gasteiger partial charge is 0.493 e. The minimum absolute atomic E-state index is 0.129. The normalized spacial score (nSPS) is 15.6. The first-order valence-corrected chi connectivity index (χ1v) is 10.9. The molecule has 2 aromatic carbocycles. The van der Waals surface area contributed by atoms with Crippen molar-refractivity contribution < 1.29 is 23.8 Å². The van der Waals surface area contributed by atoms with Crippen LogP contribution in [0.1, 0.15) is 36.1 Å². The van der Waals surface area contributed by atoms with E-state index in [9.17, 15) is 9.59 Å². The lowest BCUT2D eigenvalue weighted by Crippen LogP contribution is -2.41. The third-order valence-electron chi connectivity index (χ3n) is 5.60. The molecule has 0 aromatic heterocycles. The predicted molar refractivity (Wildman–Crippen MR) is 124 cm³/mol. The number of halogens is 1. The van der Waals surface area contributed by atoms with E-state index in [-0.39, 0.29) is 30.9 Å². The fourth-order valence-corrected chi connectivity index (χ4v) is 4.16. The number of esters is 1. The van der Waals surface area contributed by atoms with Crippen LogP contribution in [0.15, 0.2) is 30.3 Å². The molecule has 0 saturated carbocycles. The number of aryl methyl sites for hydroxylation is 1. The van der Waals surface area contributed by atoms with Gasteiger partial charge in [-0.25, -0.2) is 0 Å². The zero-order chi connectivity index (χ0) is 23.3. The van der Waals surface area contributed by atoms with E-state index in [1.807, 2.05) is 30.0 Å². The second-order valence-electron chi connectivity index (χ2n) is 7.66. The Morgan fingerprint density at radius 3 is 2.56 bits per heavy atom. The zero-order valence-corrected chi connectivity index (χ0v) is 19.6. The van der Waals surface area contributed by atoms with Crippen LogP contribution in [0.25, 0.3) is 0 Å². The van der Waals surface area contributed by atoms with Gasteiger partial charge in [0.1, 0.15) is 0 Å². The highest BCUT2D eigenvalue weighted by molar-refractivity contribution is 6.31. The number of rotatable bonds is 8. The molecule has 8 heteroatoms. The maximum atomic E-state index is 12.9. The van der Waals surface area contributed by atoms with Crippen molar-refractivity contribution >= 4 is 29.2 Å². The van der Waals surface area contributed by atoms with Crippen LogP contribution in [0.2, 0.25) is 5.02 Å². The Hall–Kier alpha value is -2.77. The molecule has 2 aromatic rings. The molecule has 0 bridgehead atoms. The summed E-state index contributed by atoms with van der Waals surface area (Å²) in [6, 6.07) is 8.89. The van der Waals surface area contributed by atoms with Crippen LogP contribution < -0.4 is 14.8 Å². The first-order valence-electron chi connectivity index (χ1n) is 10.6. The van der Waals surface area contributed by atoms with Crippen molar-refractivity contribution in [3.8, 4) is 11.5 Å². The molecular formula is C24H29ClN2O5. The Balaban J connectivity index is 1.86. The smallest absolute Gasteiger partial charge is 0.307 e. The van der Waals surface area contributed by atoms with Gasteiger partial charge >= 0.3 is 5.97 Å². The second-order valence-corrected chi connectivity index (χ2v) is 8.10. The van der Waals surface area contributed by atoms with Gasteiger partial charge in [0.2, 0.25) is 5.91 Å². The number of benzene rings is 2. The molecule has 32 heavy (non-hydrogen) atoms. The Morgan fingerprint density at radius 2 is 1.88 bits per heavy atom. The van der Waals surface area contributed by atoms with Crippen LogP contribution in [0.5, 0.6) is 11.5 Å². The highest BCUT2D eigenvalue weighted by Crippen LogP contribution is 2.39. The van der Waals surface area contributed by atoms with E-state index in [2.05, 4.69) is 5.32 Å². The minimum Gasteiger partial charge on any atom is -0.493 e. The van der Waals surface area contributed by atoms with Gasteiger partial charge in [-0.15, -0.1) is 0 Å². The number of nitrogens with one attached hydrogen (secondary N) is 1. The van der Waals surface area contributed by atoms with Gasteiger partial charge in [0.05, 0.1) is 33.8 Å². The van der Waals surface area contributed by atoms with Crippen molar-refractivity contribution in [3.05, 3.63) is 52.0 Å². The highest BCUT2D eigenvalue weighted by Gasteiger charge is 2.32. The van der Waals surface area contributed by atoms with Crippen LogP contribution in [0.3, 0.4) is 0 Å². The van der Waals surface area contributed by atoms with Gasteiger partial charge in [0.25, 0.3) is 0 Å². The van der Waals surface area contributed by atoms with Crippen LogP contribution >= 0.6 is 11.6 Å². The number of amides is 1. The molecule has 0 aliphatic carbocycles. The number of nitrogens with zero attached hydrogens (tertiary/aromatic N) is 1. The first kappa shape index (κ1) is 23.9. The van der Waals surface area contributed by atoms with E-state index < -0.39 is 0 Å². The standard InChI is InChI=1S/C24H29ClN2O5/c1-5-32-24(29)13-20-18-12-22(31-4)21(30-3)10-16(18)8-9-27(20)14-23(28)26-19-11-17(25)7-6-15(19)2/h6-7,10-12,20H,5,8-9,13-14H2,1-4H3,(H,26,28). The number of fused-ring (bicyclic) bond motifs is 1. The summed E-state index contributed by atoms with van der Waals surface area (Å²) in [7, 11) is 3.17. The molecule has 1 aliphatic rings. The lowest BCUT2D eigenvalue weighted by atomic mass is 9.90. The first-order chi connectivity index (χ1) is 15.4. The second kappa shape index (κ2) is 10.7. The van der Waals surface area contributed by atoms with Crippen LogP contribution in [-0.2, 0) is 20.7 Å². The average molecular weight is 461 g/mol. The number of carbonyl (C=O) groups excluding carboxylic acids is 2. The van der Waals surface area contributed by atoms with Gasteiger partial charge in [0.15, 0.2) is 11.5 Å². The van der Waals surface area contributed by atoms with Crippen molar-refractivity contribution in [2.45, 2.75) is 32.7 Å². The number of anilines is 1. The van der Waals surface area contributed by atoms with E-state index in [4.69, 9.17) is 25.8 Å². The third kappa shape index (κ3) is 5.53. The SMILES string of the molecule is CCOC(=O)CC1c2cc(OC)c(OC)cc2CCN1CC(=O)Nc1cc(Cl)ccc1C. The quantitative estimate of drug-likeness (QED) is 0.596. The summed E-state index contributed by atoms with van der Waals surface area (Å²) >= 11 is 6.08. The van der Waals surface area contributed by atoms with Gasteiger partial charge in [0, 0.05) is 23.3 Å². The van der Waals surface area contributed by atoms with Crippen LogP contribution in [0, 0.1) is 6.92 Å². The minimum atomic E-state index is -0.316. The number of carbonyl (C=O) groups is 2. The molecule has 1 aliphatic heterocycles. The number of methoxy groups -OCH3 is 2. The molecule has 1 unspecified atom stereocenters. The van der Waals surface area contributed by atoms with E-state index in [1.165, 1.54) is 0 Å². The van der Waals surface area contributed by atoms with Crippen LogP contribution in [-0.4, -0.2) is 50.7 Å². The molecule has 1 atom stereocenters. The number of hydrogen-bond donors (Lipinski definition) is 1. The maximum absolute atomic E-state index is 12.9. The van der Waals surface area contributed by atoms with Crippen molar-refractivity contribution in [1.82, 2.24) is 4.90 Å². The van der Waals surface area contributed by atoms with Crippen molar-refractivity contribution in [1.29, 1.82) is 0 Å². The van der Waals surface area contributed by atoms with Gasteiger partial charge in [-0.2, -0.15) is 0 Å².